The number of nitrogens with one attached hydrogen (secondary N) is 1. The predicted octanol–water partition coefficient (Wildman–Crippen LogP) is 4.21. The van der Waals surface area contributed by atoms with Crippen molar-refractivity contribution in [2.75, 3.05) is 36.4 Å². The third-order valence-electron chi connectivity index (χ3n) is 5.79. The fourth-order valence-electron chi connectivity index (χ4n) is 3.93. The molecule has 1 aliphatic rings. The van der Waals surface area contributed by atoms with Gasteiger partial charge < -0.3 is 10.2 Å². The SMILES string of the molecule is Cc1ccc(NC(=O)c2cccc(S(=O)(=O)N3CCN(c4ccc(F)cc4)CC3)c2)c(C)c1. The molecule has 3 aromatic rings. The van der Waals surface area contributed by atoms with Gasteiger partial charge in [0.15, 0.2) is 0 Å². The lowest BCUT2D eigenvalue weighted by molar-refractivity contribution is 0.102. The quantitative estimate of drug-likeness (QED) is 0.611. The molecular weight excluding hydrogens is 441 g/mol. The Morgan fingerprint density at radius 2 is 1.61 bits per heavy atom. The van der Waals surface area contributed by atoms with Crippen LogP contribution in [0.15, 0.2) is 71.6 Å². The number of piperazine rings is 1. The van der Waals surface area contributed by atoms with Crippen molar-refractivity contribution in [1.29, 1.82) is 0 Å². The summed E-state index contributed by atoms with van der Waals surface area (Å²) in [4.78, 5) is 14.9. The molecule has 0 bridgehead atoms. The molecule has 6 nitrogen and oxygen atoms in total. The average Bonchev–Trinajstić information content (AvgIpc) is 2.81. The second-order valence-electron chi connectivity index (χ2n) is 8.17. The zero-order chi connectivity index (χ0) is 23.6. The molecule has 1 N–H and O–H groups in total. The molecule has 1 saturated heterocycles. The average molecular weight is 468 g/mol. The van der Waals surface area contributed by atoms with Crippen molar-refractivity contribution in [1.82, 2.24) is 4.31 Å². The van der Waals surface area contributed by atoms with Gasteiger partial charge in [0.1, 0.15) is 5.82 Å². The molecule has 33 heavy (non-hydrogen) atoms. The number of benzene rings is 3. The van der Waals surface area contributed by atoms with Crippen LogP contribution >= 0.6 is 0 Å². The van der Waals surface area contributed by atoms with Gasteiger partial charge in [-0.1, -0.05) is 23.8 Å². The Hall–Kier alpha value is -3.23. The number of amides is 1. The van der Waals surface area contributed by atoms with Gasteiger partial charge in [-0.05, 0) is 67.9 Å². The summed E-state index contributed by atoms with van der Waals surface area (Å²) in [6.07, 6.45) is 0. The number of hydrogen-bond donors (Lipinski definition) is 1. The molecule has 0 aromatic heterocycles. The van der Waals surface area contributed by atoms with E-state index >= 15 is 0 Å². The summed E-state index contributed by atoms with van der Waals surface area (Å²) >= 11 is 0. The van der Waals surface area contributed by atoms with Crippen molar-refractivity contribution >= 4 is 27.3 Å². The molecule has 3 aromatic carbocycles. The molecule has 0 spiro atoms. The van der Waals surface area contributed by atoms with E-state index in [9.17, 15) is 17.6 Å². The van der Waals surface area contributed by atoms with Crippen LogP contribution in [0.4, 0.5) is 15.8 Å². The Labute approximate surface area is 193 Å². The molecule has 1 amide bonds. The van der Waals surface area contributed by atoms with E-state index in [1.807, 2.05) is 36.9 Å². The Balaban J connectivity index is 1.47. The maximum atomic E-state index is 13.2. The molecule has 8 heteroatoms. The Kier molecular flexibility index (Phi) is 6.49. The van der Waals surface area contributed by atoms with E-state index < -0.39 is 10.0 Å². The van der Waals surface area contributed by atoms with Crippen LogP contribution < -0.4 is 10.2 Å². The first kappa shape index (κ1) is 22.9. The third-order valence-corrected chi connectivity index (χ3v) is 7.69. The summed E-state index contributed by atoms with van der Waals surface area (Å²) in [5.74, 6) is -0.665. The lowest BCUT2D eigenvalue weighted by Gasteiger charge is -2.35. The van der Waals surface area contributed by atoms with Crippen LogP contribution in [0.25, 0.3) is 0 Å². The summed E-state index contributed by atoms with van der Waals surface area (Å²) in [5.41, 5.74) is 3.86. The van der Waals surface area contributed by atoms with Crippen molar-refractivity contribution in [3.8, 4) is 0 Å². The molecule has 0 saturated carbocycles. The second-order valence-corrected chi connectivity index (χ2v) is 10.1. The lowest BCUT2D eigenvalue weighted by Crippen LogP contribution is -2.48. The monoisotopic (exact) mass is 467 g/mol. The fraction of sp³-hybridized carbons (Fsp3) is 0.240. The molecule has 1 aliphatic heterocycles. The van der Waals surface area contributed by atoms with Crippen molar-refractivity contribution in [2.24, 2.45) is 0 Å². The number of halogens is 1. The van der Waals surface area contributed by atoms with E-state index in [-0.39, 0.29) is 22.2 Å². The summed E-state index contributed by atoms with van der Waals surface area (Å²) in [5, 5.41) is 2.86. The highest BCUT2D eigenvalue weighted by molar-refractivity contribution is 7.89. The number of nitrogens with zero attached hydrogens (tertiary/aromatic N) is 2. The summed E-state index contributed by atoms with van der Waals surface area (Å²) in [6, 6.07) is 18.0. The van der Waals surface area contributed by atoms with Gasteiger partial charge in [0.2, 0.25) is 10.0 Å². The maximum absolute atomic E-state index is 13.2. The van der Waals surface area contributed by atoms with Gasteiger partial charge in [0.05, 0.1) is 4.90 Å². The Bertz CT molecular complexity index is 1270. The molecule has 1 heterocycles. The van der Waals surface area contributed by atoms with E-state index in [4.69, 9.17) is 0 Å². The fourth-order valence-corrected chi connectivity index (χ4v) is 5.40. The number of anilines is 2. The lowest BCUT2D eigenvalue weighted by atomic mass is 10.1. The third kappa shape index (κ3) is 5.07. The predicted molar refractivity (Wildman–Crippen MR) is 128 cm³/mol. The van der Waals surface area contributed by atoms with Gasteiger partial charge in [-0.3, -0.25) is 4.79 Å². The highest BCUT2D eigenvalue weighted by atomic mass is 32.2. The first-order chi connectivity index (χ1) is 15.7. The van der Waals surface area contributed by atoms with E-state index in [1.165, 1.54) is 28.6 Å². The number of sulfonamides is 1. The van der Waals surface area contributed by atoms with Gasteiger partial charge >= 0.3 is 0 Å². The molecule has 4 rings (SSSR count). The first-order valence-corrected chi connectivity index (χ1v) is 12.2. The summed E-state index contributed by atoms with van der Waals surface area (Å²) in [7, 11) is -3.75. The van der Waals surface area contributed by atoms with Crippen LogP contribution in [0.3, 0.4) is 0 Å². The van der Waals surface area contributed by atoms with Crippen LogP contribution in [0.1, 0.15) is 21.5 Å². The normalized spacial score (nSPS) is 14.8. The van der Waals surface area contributed by atoms with Crippen LogP contribution in [-0.4, -0.2) is 44.8 Å². The van der Waals surface area contributed by atoms with E-state index in [0.29, 0.717) is 31.9 Å². The largest absolute Gasteiger partial charge is 0.369 e. The van der Waals surface area contributed by atoms with Crippen LogP contribution in [0, 0.1) is 19.7 Å². The van der Waals surface area contributed by atoms with Gasteiger partial charge in [0, 0.05) is 43.1 Å². The summed E-state index contributed by atoms with van der Waals surface area (Å²) in [6.45, 7) is 5.49. The number of carbonyl (C=O) groups is 1. The molecule has 0 unspecified atom stereocenters. The van der Waals surface area contributed by atoms with Gasteiger partial charge in [-0.2, -0.15) is 4.31 Å². The van der Waals surface area contributed by atoms with Crippen LogP contribution in [0.5, 0.6) is 0 Å². The molecule has 0 radical (unpaired) electrons. The van der Waals surface area contributed by atoms with Crippen LogP contribution in [0.2, 0.25) is 0 Å². The van der Waals surface area contributed by atoms with Gasteiger partial charge in [0.25, 0.3) is 5.91 Å². The van der Waals surface area contributed by atoms with Gasteiger partial charge in [-0.15, -0.1) is 0 Å². The number of carbonyl (C=O) groups excluding carboxylic acids is 1. The molecular formula is C25H26FN3O3S. The summed E-state index contributed by atoms with van der Waals surface area (Å²) < 4.78 is 41.0. The Morgan fingerprint density at radius 3 is 2.27 bits per heavy atom. The van der Waals surface area contributed by atoms with Crippen molar-refractivity contribution in [3.63, 3.8) is 0 Å². The van der Waals surface area contributed by atoms with Crippen molar-refractivity contribution in [3.05, 3.63) is 89.2 Å². The standard InChI is InChI=1S/C25H26FN3O3S/c1-18-6-11-24(19(2)16-18)27-25(30)20-4-3-5-23(17-20)33(31,32)29-14-12-28(13-15-29)22-9-7-21(26)8-10-22/h3-11,16-17H,12-15H2,1-2H3,(H,27,30). The van der Waals surface area contributed by atoms with E-state index in [0.717, 1.165) is 16.8 Å². The minimum Gasteiger partial charge on any atom is -0.369 e. The molecule has 0 atom stereocenters. The first-order valence-electron chi connectivity index (χ1n) is 10.7. The number of rotatable bonds is 5. The van der Waals surface area contributed by atoms with Crippen LogP contribution in [-0.2, 0) is 10.0 Å². The second kappa shape index (κ2) is 9.33. The smallest absolute Gasteiger partial charge is 0.255 e. The zero-order valence-corrected chi connectivity index (χ0v) is 19.4. The topological polar surface area (TPSA) is 69.7 Å². The van der Waals surface area contributed by atoms with Gasteiger partial charge in [-0.25, -0.2) is 12.8 Å². The minimum absolute atomic E-state index is 0.0889. The number of hydrogen-bond acceptors (Lipinski definition) is 4. The van der Waals surface area contributed by atoms with E-state index in [2.05, 4.69) is 5.32 Å². The molecule has 172 valence electrons. The van der Waals surface area contributed by atoms with E-state index in [1.54, 1.807) is 24.3 Å². The van der Waals surface area contributed by atoms with Crippen molar-refractivity contribution < 1.29 is 17.6 Å². The van der Waals surface area contributed by atoms with Crippen molar-refractivity contribution in [2.45, 2.75) is 18.7 Å². The highest BCUT2D eigenvalue weighted by Gasteiger charge is 2.29. The molecule has 0 aliphatic carbocycles. The highest BCUT2D eigenvalue weighted by Crippen LogP contribution is 2.23. The zero-order valence-electron chi connectivity index (χ0n) is 18.6. The minimum atomic E-state index is -3.75. The maximum Gasteiger partial charge on any atom is 0.255 e. The molecule has 1 fully saturated rings. The Morgan fingerprint density at radius 1 is 0.909 bits per heavy atom. The number of aryl methyl sites for hydroxylation is 2.